The predicted molar refractivity (Wildman–Crippen MR) is 59.3 cm³/mol. The first-order valence-corrected chi connectivity index (χ1v) is 5.57. The summed E-state index contributed by atoms with van der Waals surface area (Å²) in [6.45, 7) is 4.14. The van der Waals surface area contributed by atoms with Crippen molar-refractivity contribution in [2.75, 3.05) is 0 Å². The SMILES string of the molecule is CC1(C)CCCC(c2ccccc2)OO1. The highest BCUT2D eigenvalue weighted by Gasteiger charge is 2.27. The first-order chi connectivity index (χ1) is 7.17. The van der Waals surface area contributed by atoms with E-state index in [1.165, 1.54) is 5.56 Å². The molecule has 2 rings (SSSR count). The average molecular weight is 206 g/mol. The van der Waals surface area contributed by atoms with Crippen molar-refractivity contribution in [3.8, 4) is 0 Å². The fourth-order valence-corrected chi connectivity index (χ4v) is 1.88. The number of hydrogen-bond donors (Lipinski definition) is 0. The molecule has 1 saturated heterocycles. The molecule has 1 aliphatic rings. The zero-order chi connectivity index (χ0) is 10.7. The van der Waals surface area contributed by atoms with Crippen LogP contribution in [0.15, 0.2) is 30.3 Å². The fraction of sp³-hybridized carbons (Fsp3) is 0.538. The van der Waals surface area contributed by atoms with E-state index < -0.39 is 0 Å². The van der Waals surface area contributed by atoms with Gasteiger partial charge in [-0.1, -0.05) is 30.3 Å². The molecule has 2 heteroatoms. The Balaban J connectivity index is 2.06. The van der Waals surface area contributed by atoms with Crippen LogP contribution in [0.4, 0.5) is 0 Å². The maximum Gasteiger partial charge on any atom is 0.118 e. The van der Waals surface area contributed by atoms with Crippen LogP contribution < -0.4 is 0 Å². The molecule has 0 bridgehead atoms. The lowest BCUT2D eigenvalue weighted by Gasteiger charge is -2.21. The van der Waals surface area contributed by atoms with Crippen LogP contribution in [0.3, 0.4) is 0 Å². The lowest BCUT2D eigenvalue weighted by molar-refractivity contribution is -0.373. The monoisotopic (exact) mass is 206 g/mol. The summed E-state index contributed by atoms with van der Waals surface area (Å²) in [6.07, 6.45) is 3.32. The molecule has 82 valence electrons. The van der Waals surface area contributed by atoms with Gasteiger partial charge in [-0.25, -0.2) is 9.78 Å². The quantitative estimate of drug-likeness (QED) is 0.653. The topological polar surface area (TPSA) is 18.5 Å². The minimum Gasteiger partial charge on any atom is -0.230 e. The van der Waals surface area contributed by atoms with E-state index in [9.17, 15) is 0 Å². The van der Waals surface area contributed by atoms with Crippen LogP contribution in [-0.2, 0) is 9.78 Å². The van der Waals surface area contributed by atoms with Gasteiger partial charge < -0.3 is 0 Å². The Kier molecular flexibility index (Phi) is 3.08. The molecule has 1 aromatic rings. The van der Waals surface area contributed by atoms with E-state index in [2.05, 4.69) is 26.0 Å². The summed E-state index contributed by atoms with van der Waals surface area (Å²) < 4.78 is 0. The molecule has 0 aliphatic carbocycles. The largest absolute Gasteiger partial charge is 0.230 e. The van der Waals surface area contributed by atoms with E-state index in [1.807, 2.05) is 18.2 Å². The zero-order valence-electron chi connectivity index (χ0n) is 9.40. The van der Waals surface area contributed by atoms with Gasteiger partial charge in [0.15, 0.2) is 0 Å². The zero-order valence-corrected chi connectivity index (χ0v) is 9.40. The van der Waals surface area contributed by atoms with Crippen molar-refractivity contribution < 1.29 is 9.78 Å². The maximum atomic E-state index is 5.50. The van der Waals surface area contributed by atoms with Crippen LogP contribution in [0, 0.1) is 0 Å². The highest BCUT2D eigenvalue weighted by Crippen LogP contribution is 2.32. The lowest BCUT2D eigenvalue weighted by Crippen LogP contribution is -2.22. The van der Waals surface area contributed by atoms with Crippen molar-refractivity contribution in [2.45, 2.75) is 44.8 Å². The Morgan fingerprint density at radius 2 is 1.93 bits per heavy atom. The molecule has 1 aliphatic heterocycles. The summed E-state index contributed by atoms with van der Waals surface area (Å²) >= 11 is 0. The van der Waals surface area contributed by atoms with Gasteiger partial charge in [-0.15, -0.1) is 0 Å². The molecule has 0 N–H and O–H groups in total. The van der Waals surface area contributed by atoms with Gasteiger partial charge in [-0.3, -0.25) is 0 Å². The summed E-state index contributed by atoms with van der Waals surface area (Å²) in [7, 11) is 0. The fourth-order valence-electron chi connectivity index (χ4n) is 1.88. The van der Waals surface area contributed by atoms with E-state index >= 15 is 0 Å². The second-order valence-corrected chi connectivity index (χ2v) is 4.73. The molecular formula is C13H18O2. The van der Waals surface area contributed by atoms with Crippen LogP contribution >= 0.6 is 0 Å². The smallest absolute Gasteiger partial charge is 0.118 e. The molecule has 0 saturated carbocycles. The van der Waals surface area contributed by atoms with Gasteiger partial charge in [-0.05, 0) is 38.7 Å². The molecule has 1 unspecified atom stereocenters. The highest BCUT2D eigenvalue weighted by molar-refractivity contribution is 5.17. The summed E-state index contributed by atoms with van der Waals surface area (Å²) in [6, 6.07) is 10.3. The number of rotatable bonds is 1. The first kappa shape index (κ1) is 10.7. The average Bonchev–Trinajstić information content (AvgIpc) is 2.41. The molecule has 0 radical (unpaired) electrons. The summed E-state index contributed by atoms with van der Waals surface area (Å²) in [5.41, 5.74) is 1.05. The van der Waals surface area contributed by atoms with Crippen LogP contribution in [0.2, 0.25) is 0 Å². The Labute approximate surface area is 91.1 Å². The van der Waals surface area contributed by atoms with Gasteiger partial charge in [0, 0.05) is 0 Å². The Hall–Kier alpha value is -0.860. The predicted octanol–water partition coefficient (Wildman–Crippen LogP) is 3.64. The van der Waals surface area contributed by atoms with E-state index in [1.54, 1.807) is 0 Å². The second-order valence-electron chi connectivity index (χ2n) is 4.73. The van der Waals surface area contributed by atoms with Gasteiger partial charge in [0.25, 0.3) is 0 Å². The summed E-state index contributed by atoms with van der Waals surface area (Å²) in [4.78, 5) is 11.0. The standard InChI is InChI=1S/C13H18O2/c1-13(2)10-6-9-12(14-15-13)11-7-4-3-5-8-11/h3-5,7-8,12H,6,9-10H2,1-2H3. The van der Waals surface area contributed by atoms with Crippen molar-refractivity contribution in [3.05, 3.63) is 35.9 Å². The van der Waals surface area contributed by atoms with E-state index in [4.69, 9.17) is 9.78 Å². The minimum absolute atomic E-state index is 0.0907. The van der Waals surface area contributed by atoms with Crippen molar-refractivity contribution in [2.24, 2.45) is 0 Å². The molecule has 1 fully saturated rings. The molecule has 15 heavy (non-hydrogen) atoms. The third kappa shape index (κ3) is 2.80. The third-order valence-corrected chi connectivity index (χ3v) is 2.81. The Morgan fingerprint density at radius 1 is 1.20 bits per heavy atom. The normalized spacial score (nSPS) is 25.9. The molecular weight excluding hydrogens is 188 g/mol. The maximum absolute atomic E-state index is 5.50. The van der Waals surface area contributed by atoms with Crippen LogP contribution in [0.1, 0.15) is 44.8 Å². The van der Waals surface area contributed by atoms with E-state index in [0.717, 1.165) is 19.3 Å². The Morgan fingerprint density at radius 3 is 2.67 bits per heavy atom. The van der Waals surface area contributed by atoms with Gasteiger partial charge in [-0.2, -0.15) is 0 Å². The molecule has 1 atom stereocenters. The highest BCUT2D eigenvalue weighted by atomic mass is 17.2. The van der Waals surface area contributed by atoms with Gasteiger partial charge in [0.05, 0.1) is 5.60 Å². The second kappa shape index (κ2) is 4.33. The molecule has 0 aromatic heterocycles. The molecule has 0 amide bonds. The summed E-state index contributed by atoms with van der Waals surface area (Å²) in [5, 5.41) is 0. The van der Waals surface area contributed by atoms with E-state index in [-0.39, 0.29) is 11.7 Å². The number of benzene rings is 1. The first-order valence-electron chi connectivity index (χ1n) is 5.57. The summed E-state index contributed by atoms with van der Waals surface area (Å²) in [5.74, 6) is 0. The van der Waals surface area contributed by atoms with Gasteiger partial charge >= 0.3 is 0 Å². The van der Waals surface area contributed by atoms with Crippen molar-refractivity contribution >= 4 is 0 Å². The van der Waals surface area contributed by atoms with Gasteiger partial charge in [0.1, 0.15) is 6.10 Å². The van der Waals surface area contributed by atoms with E-state index in [0.29, 0.717) is 0 Å². The molecule has 1 aromatic carbocycles. The Bertz CT molecular complexity index is 306. The van der Waals surface area contributed by atoms with Crippen LogP contribution in [0.5, 0.6) is 0 Å². The van der Waals surface area contributed by atoms with Crippen molar-refractivity contribution in [1.29, 1.82) is 0 Å². The van der Waals surface area contributed by atoms with Crippen LogP contribution in [-0.4, -0.2) is 5.60 Å². The minimum atomic E-state index is -0.149. The third-order valence-electron chi connectivity index (χ3n) is 2.81. The van der Waals surface area contributed by atoms with Gasteiger partial charge in [0.2, 0.25) is 0 Å². The number of hydrogen-bond acceptors (Lipinski definition) is 2. The lowest BCUT2D eigenvalue weighted by atomic mass is 9.98. The molecule has 1 heterocycles. The van der Waals surface area contributed by atoms with Crippen molar-refractivity contribution in [1.82, 2.24) is 0 Å². The van der Waals surface area contributed by atoms with Crippen molar-refractivity contribution in [3.63, 3.8) is 0 Å². The molecule has 0 spiro atoms. The van der Waals surface area contributed by atoms with Crippen LogP contribution in [0.25, 0.3) is 0 Å². The molecule has 2 nitrogen and oxygen atoms in total.